The van der Waals surface area contributed by atoms with Gasteiger partial charge in [-0.3, -0.25) is 0 Å². The van der Waals surface area contributed by atoms with Crippen molar-refractivity contribution in [3.05, 3.63) is 29.3 Å². The van der Waals surface area contributed by atoms with Crippen molar-refractivity contribution in [1.29, 1.82) is 0 Å². The highest BCUT2D eigenvalue weighted by atomic mass is 32.2. The van der Waals surface area contributed by atoms with Gasteiger partial charge in [-0.1, -0.05) is 20.8 Å². The zero-order valence-corrected chi connectivity index (χ0v) is 12.2. The molecular weight excluding hydrogens is 290 g/mol. The molecule has 1 aromatic carbocycles. The van der Waals surface area contributed by atoms with Crippen LogP contribution in [0.25, 0.3) is 0 Å². The molecular formula is C13H16F2O4S. The summed E-state index contributed by atoms with van der Waals surface area (Å²) in [6, 6.07) is 1.41. The van der Waals surface area contributed by atoms with E-state index in [4.69, 9.17) is 5.11 Å². The minimum Gasteiger partial charge on any atom is -0.477 e. The number of halogens is 2. The summed E-state index contributed by atoms with van der Waals surface area (Å²) in [6.45, 7) is 5.48. The highest BCUT2D eigenvalue weighted by Crippen LogP contribution is 2.26. The maximum atomic E-state index is 13.9. The van der Waals surface area contributed by atoms with Gasteiger partial charge < -0.3 is 5.11 Å². The third-order valence-corrected chi connectivity index (χ3v) is 4.45. The smallest absolute Gasteiger partial charge is 0.341 e. The molecule has 0 amide bonds. The summed E-state index contributed by atoms with van der Waals surface area (Å²) < 4.78 is 51.2. The summed E-state index contributed by atoms with van der Waals surface area (Å²) in [5, 5.41) is 8.72. The number of carbonyl (C=O) groups is 1. The second-order valence-corrected chi connectivity index (χ2v) is 7.75. The minimum atomic E-state index is -4.00. The van der Waals surface area contributed by atoms with Crippen LogP contribution in [-0.2, 0) is 9.84 Å². The van der Waals surface area contributed by atoms with E-state index < -0.39 is 37.9 Å². The number of carboxylic acids is 1. The van der Waals surface area contributed by atoms with E-state index in [9.17, 15) is 22.0 Å². The molecule has 112 valence electrons. The van der Waals surface area contributed by atoms with Crippen molar-refractivity contribution in [2.24, 2.45) is 5.41 Å². The highest BCUT2D eigenvalue weighted by molar-refractivity contribution is 7.91. The second kappa shape index (κ2) is 5.47. The van der Waals surface area contributed by atoms with Gasteiger partial charge in [0.25, 0.3) is 0 Å². The molecule has 1 N–H and O–H groups in total. The van der Waals surface area contributed by atoms with Crippen molar-refractivity contribution < 1.29 is 27.1 Å². The van der Waals surface area contributed by atoms with Crippen molar-refractivity contribution in [3.63, 3.8) is 0 Å². The first-order chi connectivity index (χ1) is 8.96. The fraction of sp³-hybridized carbons (Fsp3) is 0.462. The van der Waals surface area contributed by atoms with Gasteiger partial charge in [-0.25, -0.2) is 22.0 Å². The monoisotopic (exact) mass is 306 g/mol. The van der Waals surface area contributed by atoms with E-state index in [0.29, 0.717) is 6.07 Å². The van der Waals surface area contributed by atoms with E-state index in [0.717, 1.165) is 6.07 Å². The molecule has 0 aliphatic rings. The zero-order valence-electron chi connectivity index (χ0n) is 11.4. The zero-order chi connectivity index (χ0) is 15.7. The van der Waals surface area contributed by atoms with Crippen LogP contribution in [0.15, 0.2) is 17.0 Å². The molecule has 0 fully saturated rings. The molecule has 0 aliphatic heterocycles. The lowest BCUT2D eigenvalue weighted by Gasteiger charge is -2.18. The minimum absolute atomic E-state index is 0.272. The Morgan fingerprint density at radius 3 is 2.25 bits per heavy atom. The Kier molecular flexibility index (Phi) is 4.53. The normalized spacial score (nSPS) is 12.4. The Balaban J connectivity index is 3.27. The number of hydrogen-bond donors (Lipinski definition) is 1. The molecule has 4 nitrogen and oxygen atoms in total. The molecule has 0 atom stereocenters. The molecule has 1 rings (SSSR count). The van der Waals surface area contributed by atoms with Gasteiger partial charge in [0, 0.05) is 0 Å². The Labute approximate surface area is 116 Å². The van der Waals surface area contributed by atoms with Gasteiger partial charge in [-0.2, -0.15) is 0 Å². The van der Waals surface area contributed by atoms with Crippen molar-refractivity contribution in [1.82, 2.24) is 0 Å². The number of aromatic carboxylic acids is 1. The largest absolute Gasteiger partial charge is 0.477 e. The highest BCUT2D eigenvalue weighted by Gasteiger charge is 2.28. The van der Waals surface area contributed by atoms with E-state index in [1.807, 2.05) is 20.8 Å². The molecule has 0 unspecified atom stereocenters. The summed E-state index contributed by atoms with van der Waals surface area (Å²) in [5.74, 6) is -5.03. The van der Waals surface area contributed by atoms with Crippen LogP contribution in [0.2, 0.25) is 0 Å². The van der Waals surface area contributed by atoms with E-state index in [2.05, 4.69) is 0 Å². The van der Waals surface area contributed by atoms with E-state index in [1.54, 1.807) is 0 Å². The predicted molar refractivity (Wildman–Crippen MR) is 69.4 cm³/mol. The average Bonchev–Trinajstić information content (AvgIpc) is 2.24. The van der Waals surface area contributed by atoms with Crippen LogP contribution in [0, 0.1) is 17.0 Å². The first-order valence-corrected chi connectivity index (χ1v) is 7.55. The summed E-state index contributed by atoms with van der Waals surface area (Å²) >= 11 is 0. The third kappa shape index (κ3) is 3.75. The van der Waals surface area contributed by atoms with Gasteiger partial charge in [-0.15, -0.1) is 0 Å². The molecule has 0 spiro atoms. The lowest BCUT2D eigenvalue weighted by Crippen LogP contribution is -2.17. The number of benzene rings is 1. The van der Waals surface area contributed by atoms with Gasteiger partial charge in [0.05, 0.1) is 5.75 Å². The quantitative estimate of drug-likeness (QED) is 0.868. The topological polar surface area (TPSA) is 71.4 Å². The van der Waals surface area contributed by atoms with E-state index in [1.165, 1.54) is 0 Å². The molecule has 1 aromatic rings. The van der Waals surface area contributed by atoms with Gasteiger partial charge in [0.2, 0.25) is 0 Å². The van der Waals surface area contributed by atoms with Crippen LogP contribution in [0.4, 0.5) is 8.78 Å². The number of carboxylic acid groups (broad SMARTS) is 1. The van der Waals surface area contributed by atoms with Crippen LogP contribution < -0.4 is 0 Å². The summed E-state index contributed by atoms with van der Waals surface area (Å²) in [4.78, 5) is 9.99. The van der Waals surface area contributed by atoms with E-state index in [-0.39, 0.29) is 17.6 Å². The second-order valence-electron chi connectivity index (χ2n) is 5.67. The molecule has 0 aliphatic carbocycles. The van der Waals surface area contributed by atoms with Crippen LogP contribution in [0.3, 0.4) is 0 Å². The molecule has 0 radical (unpaired) electrons. The number of hydrogen-bond acceptors (Lipinski definition) is 3. The third-order valence-electron chi connectivity index (χ3n) is 2.73. The molecule has 0 saturated carbocycles. The lowest BCUT2D eigenvalue weighted by atomic mass is 9.94. The van der Waals surface area contributed by atoms with E-state index >= 15 is 0 Å². The Bertz CT molecular complexity index is 631. The summed E-state index contributed by atoms with van der Waals surface area (Å²) in [7, 11) is -4.00. The maximum Gasteiger partial charge on any atom is 0.341 e. The first kappa shape index (κ1) is 16.6. The number of sulfone groups is 1. The molecule has 0 saturated heterocycles. The average molecular weight is 306 g/mol. The molecule has 20 heavy (non-hydrogen) atoms. The Morgan fingerprint density at radius 2 is 1.80 bits per heavy atom. The first-order valence-electron chi connectivity index (χ1n) is 5.90. The molecule has 0 bridgehead atoms. The summed E-state index contributed by atoms with van der Waals surface area (Å²) in [6.07, 6.45) is 0.272. The van der Waals surface area contributed by atoms with Gasteiger partial charge in [0.15, 0.2) is 15.7 Å². The molecule has 0 aromatic heterocycles. The Morgan fingerprint density at radius 1 is 1.25 bits per heavy atom. The van der Waals surface area contributed by atoms with Crippen molar-refractivity contribution in [3.8, 4) is 0 Å². The molecule has 0 heterocycles. The number of rotatable bonds is 4. The fourth-order valence-corrected chi connectivity index (χ4v) is 3.27. The van der Waals surface area contributed by atoms with Crippen LogP contribution in [0.5, 0.6) is 0 Å². The maximum absolute atomic E-state index is 13.9. The van der Waals surface area contributed by atoms with Crippen molar-refractivity contribution >= 4 is 15.8 Å². The van der Waals surface area contributed by atoms with Gasteiger partial charge >= 0.3 is 5.97 Å². The lowest BCUT2D eigenvalue weighted by molar-refractivity contribution is 0.0685. The fourth-order valence-electron chi connectivity index (χ4n) is 1.52. The van der Waals surface area contributed by atoms with Gasteiger partial charge in [-0.05, 0) is 24.0 Å². The van der Waals surface area contributed by atoms with Crippen LogP contribution in [-0.4, -0.2) is 25.2 Å². The predicted octanol–water partition coefficient (Wildman–Crippen LogP) is 2.87. The van der Waals surface area contributed by atoms with Crippen LogP contribution >= 0.6 is 0 Å². The Hall–Kier alpha value is -1.50. The molecule has 7 heteroatoms. The van der Waals surface area contributed by atoms with Crippen molar-refractivity contribution in [2.75, 3.05) is 5.75 Å². The SMILES string of the molecule is CC(C)(C)CCS(=O)(=O)c1ccc(F)c(C(=O)O)c1F. The standard InChI is InChI=1S/C13H16F2O4S/c1-13(2,3)6-7-20(18,19)9-5-4-8(14)10(11(9)15)12(16)17/h4-5H,6-7H2,1-3H3,(H,16,17). The van der Waals surface area contributed by atoms with Crippen molar-refractivity contribution in [2.45, 2.75) is 32.1 Å². The summed E-state index contributed by atoms with van der Waals surface area (Å²) in [5.41, 5.74) is -1.53. The van der Waals surface area contributed by atoms with Gasteiger partial charge in [0.1, 0.15) is 16.3 Å². The van der Waals surface area contributed by atoms with Crippen LogP contribution in [0.1, 0.15) is 37.6 Å².